The van der Waals surface area contributed by atoms with Crippen molar-refractivity contribution in [2.24, 2.45) is 0 Å². The first kappa shape index (κ1) is 26.8. The van der Waals surface area contributed by atoms with Gasteiger partial charge in [0.15, 0.2) is 22.7 Å². The third kappa shape index (κ3) is 4.78. The molecule has 0 aliphatic carbocycles. The molecular weight excluding hydrogens is 586 g/mol. The van der Waals surface area contributed by atoms with Gasteiger partial charge in [-0.15, -0.1) is 0 Å². The lowest BCUT2D eigenvalue weighted by atomic mass is 10.1. The molecule has 0 amide bonds. The highest BCUT2D eigenvalue weighted by molar-refractivity contribution is 6.10. The Morgan fingerprint density at radius 3 is 1.38 bits per heavy atom. The Kier molecular flexibility index (Phi) is 6.31. The molecule has 0 N–H and O–H groups in total. The average Bonchev–Trinajstić information content (AvgIpc) is 3.69. The van der Waals surface area contributed by atoms with E-state index in [2.05, 4.69) is 51.3 Å². The van der Waals surface area contributed by atoms with Crippen LogP contribution in [-0.4, -0.2) is 9.97 Å². The Labute approximate surface area is 268 Å². The minimum atomic E-state index is 0.468. The average molecular weight is 612 g/mol. The van der Waals surface area contributed by atoms with Crippen LogP contribution in [0.15, 0.2) is 161 Å². The van der Waals surface area contributed by atoms with Gasteiger partial charge in [-0.2, -0.15) is 0 Å². The van der Waals surface area contributed by atoms with Gasteiger partial charge in [-0.3, -0.25) is 0 Å². The molecule has 5 aromatic carbocycles. The summed E-state index contributed by atoms with van der Waals surface area (Å²) in [6.07, 6.45) is 3.41. The van der Waals surface area contributed by atoms with Gasteiger partial charge >= 0.3 is 0 Å². The lowest BCUT2D eigenvalue weighted by Crippen LogP contribution is -2.10. The molecule has 0 unspecified atom stereocenters. The molecule has 0 radical (unpaired) electrons. The summed E-state index contributed by atoms with van der Waals surface area (Å²) >= 11 is 0. The Balaban J connectivity index is 1.32. The second-order valence-electron chi connectivity index (χ2n) is 11.0. The van der Waals surface area contributed by atoms with Crippen molar-refractivity contribution < 1.29 is 18.3 Å². The molecule has 4 aromatic heterocycles. The zero-order valence-electron chi connectivity index (χ0n) is 24.9. The predicted octanol–water partition coefficient (Wildman–Crippen LogP) is 11.3. The van der Waals surface area contributed by atoms with Crippen molar-refractivity contribution >= 4 is 60.9 Å². The monoisotopic (exact) mass is 611 g/mol. The molecule has 0 aliphatic heterocycles. The number of hydrogen-bond acceptors (Lipinski definition) is 7. The Bertz CT molecular complexity index is 2370. The van der Waals surface area contributed by atoms with Gasteiger partial charge in [0.1, 0.15) is 11.2 Å². The normalized spacial score (nSPS) is 11.4. The third-order valence-corrected chi connectivity index (χ3v) is 8.09. The van der Waals surface area contributed by atoms with E-state index in [1.807, 2.05) is 103 Å². The summed E-state index contributed by atoms with van der Waals surface area (Å²) in [5, 5.41) is 3.81. The zero-order chi connectivity index (χ0) is 31.2. The van der Waals surface area contributed by atoms with Crippen molar-refractivity contribution in [3.63, 3.8) is 0 Å². The lowest BCUT2D eigenvalue weighted by molar-refractivity contribution is 0.458. The van der Waals surface area contributed by atoms with Gasteiger partial charge in [0.05, 0.1) is 11.4 Å². The number of benzene rings is 5. The molecule has 0 atom stereocenters. The van der Waals surface area contributed by atoms with Gasteiger partial charge in [-0.25, -0.2) is 9.97 Å². The smallest absolute Gasteiger partial charge is 0.219 e. The number of fused-ring (bicyclic) bond motifs is 6. The van der Waals surface area contributed by atoms with E-state index < -0.39 is 0 Å². The van der Waals surface area contributed by atoms with Gasteiger partial charge in [0.25, 0.3) is 0 Å². The van der Waals surface area contributed by atoms with E-state index in [-0.39, 0.29) is 0 Å². The number of hydrogen-bond donors (Lipinski definition) is 0. The summed E-state index contributed by atoms with van der Waals surface area (Å²) in [6.45, 7) is 0. The third-order valence-electron chi connectivity index (χ3n) is 8.09. The number of furan rings is 2. The van der Waals surface area contributed by atoms with Crippen LogP contribution in [0.5, 0.6) is 23.3 Å². The van der Waals surface area contributed by atoms with Crippen LogP contribution < -0.4 is 14.4 Å². The topological polar surface area (TPSA) is 73.8 Å². The largest absolute Gasteiger partial charge is 0.452 e. The first-order chi connectivity index (χ1) is 23.3. The van der Waals surface area contributed by atoms with Crippen LogP contribution in [0.2, 0.25) is 0 Å². The van der Waals surface area contributed by atoms with E-state index in [1.54, 1.807) is 12.4 Å². The van der Waals surface area contributed by atoms with Crippen molar-refractivity contribution in [1.29, 1.82) is 0 Å². The van der Waals surface area contributed by atoms with Crippen molar-refractivity contribution in [2.45, 2.75) is 0 Å². The van der Waals surface area contributed by atoms with E-state index in [9.17, 15) is 0 Å². The molecule has 9 aromatic rings. The molecule has 224 valence electrons. The zero-order valence-corrected chi connectivity index (χ0v) is 24.9. The second-order valence-corrected chi connectivity index (χ2v) is 11.0. The van der Waals surface area contributed by atoms with Crippen LogP contribution >= 0.6 is 0 Å². The molecule has 0 saturated carbocycles. The Hall–Kier alpha value is -6.60. The highest BCUT2D eigenvalue weighted by Crippen LogP contribution is 2.47. The summed E-state index contributed by atoms with van der Waals surface area (Å²) < 4.78 is 25.6. The number of para-hydroxylation sites is 3. The predicted molar refractivity (Wildman–Crippen MR) is 184 cm³/mol. The molecular formula is C40H25N3O4. The second kappa shape index (κ2) is 11.1. The van der Waals surface area contributed by atoms with Crippen molar-refractivity contribution in [3.05, 3.63) is 152 Å². The van der Waals surface area contributed by atoms with E-state index >= 15 is 0 Å². The SMILES string of the molecule is c1ccc(N(c2cc(Oc3ccccn3)c3oc4ccccc4c3c2)c2cc(Oc3ccccn3)c3oc4ccccc4c3c2)cc1. The van der Waals surface area contributed by atoms with Gasteiger partial charge < -0.3 is 23.2 Å². The highest BCUT2D eigenvalue weighted by Gasteiger charge is 2.23. The van der Waals surface area contributed by atoms with Gasteiger partial charge in [-0.1, -0.05) is 66.7 Å². The number of ether oxygens (including phenoxy) is 2. The molecule has 7 heteroatoms. The van der Waals surface area contributed by atoms with Crippen LogP contribution in [0.3, 0.4) is 0 Å². The van der Waals surface area contributed by atoms with Gasteiger partial charge in [-0.05, 0) is 48.5 Å². The summed E-state index contributed by atoms with van der Waals surface area (Å²) in [6, 6.07) is 45.6. The fourth-order valence-corrected chi connectivity index (χ4v) is 6.04. The number of nitrogens with zero attached hydrogens (tertiary/aromatic N) is 3. The summed E-state index contributed by atoms with van der Waals surface area (Å²) in [7, 11) is 0. The van der Waals surface area contributed by atoms with E-state index in [4.69, 9.17) is 18.3 Å². The highest BCUT2D eigenvalue weighted by atomic mass is 16.5. The lowest BCUT2D eigenvalue weighted by Gasteiger charge is -2.26. The molecule has 9 rings (SSSR count). The maximum absolute atomic E-state index is 6.42. The van der Waals surface area contributed by atoms with Gasteiger partial charge in [0, 0.05) is 63.9 Å². The van der Waals surface area contributed by atoms with Crippen molar-refractivity contribution in [3.8, 4) is 23.3 Å². The van der Waals surface area contributed by atoms with Crippen LogP contribution in [0.25, 0.3) is 43.9 Å². The number of rotatable bonds is 7. The minimum Gasteiger partial charge on any atom is -0.452 e. The quantitative estimate of drug-likeness (QED) is 0.177. The maximum atomic E-state index is 6.42. The molecule has 47 heavy (non-hydrogen) atoms. The fraction of sp³-hybridized carbons (Fsp3) is 0. The number of anilines is 3. The molecule has 0 aliphatic rings. The maximum Gasteiger partial charge on any atom is 0.219 e. The minimum absolute atomic E-state index is 0.468. The van der Waals surface area contributed by atoms with Crippen molar-refractivity contribution in [1.82, 2.24) is 9.97 Å². The van der Waals surface area contributed by atoms with Crippen LogP contribution in [0.4, 0.5) is 17.1 Å². The Morgan fingerprint density at radius 2 is 0.894 bits per heavy atom. The fourth-order valence-electron chi connectivity index (χ4n) is 6.04. The van der Waals surface area contributed by atoms with Gasteiger partial charge in [0.2, 0.25) is 11.8 Å². The molecule has 0 fully saturated rings. The molecule has 7 nitrogen and oxygen atoms in total. The van der Waals surface area contributed by atoms with Crippen molar-refractivity contribution in [2.75, 3.05) is 4.90 Å². The van der Waals surface area contributed by atoms with Crippen LogP contribution in [0, 0.1) is 0 Å². The molecule has 0 spiro atoms. The molecule has 4 heterocycles. The van der Waals surface area contributed by atoms with Crippen LogP contribution in [-0.2, 0) is 0 Å². The summed E-state index contributed by atoms with van der Waals surface area (Å²) in [4.78, 5) is 11.0. The number of aromatic nitrogens is 2. The first-order valence-corrected chi connectivity index (χ1v) is 15.2. The Morgan fingerprint density at radius 1 is 0.426 bits per heavy atom. The summed E-state index contributed by atoms with van der Waals surface area (Å²) in [5.41, 5.74) is 5.49. The van der Waals surface area contributed by atoms with Crippen LogP contribution in [0.1, 0.15) is 0 Å². The summed E-state index contributed by atoms with van der Waals surface area (Å²) in [5.74, 6) is 2.03. The molecule has 0 bridgehead atoms. The first-order valence-electron chi connectivity index (χ1n) is 15.2. The van der Waals surface area contributed by atoms with E-state index in [1.165, 1.54) is 0 Å². The standard InChI is InChI=1S/C40H25N3O4/c1-2-12-26(13-3-1)43(27-22-31-29-14-4-6-16-33(29)46-39(31)35(24-27)44-37-18-8-10-20-41-37)28-23-32-30-15-5-7-17-34(30)47-40(32)36(25-28)45-38-19-9-11-21-42-38/h1-25H. The molecule has 0 saturated heterocycles. The van der Waals surface area contributed by atoms with E-state index in [0.717, 1.165) is 49.8 Å². The van der Waals surface area contributed by atoms with E-state index in [0.29, 0.717) is 34.4 Å². The number of pyridine rings is 2.